The molecule has 0 aliphatic heterocycles. The number of nitrogens with one attached hydrogen (secondary N) is 1. The van der Waals surface area contributed by atoms with Crippen LogP contribution in [0.15, 0.2) is 17.3 Å². The van der Waals surface area contributed by atoms with Gasteiger partial charge in [-0.15, -0.1) is 0 Å². The number of aromatic nitrogens is 2. The minimum atomic E-state index is -2.56. The molecule has 0 aromatic carbocycles. The molecule has 0 amide bonds. The molecule has 1 aromatic rings. The number of hydrogen-bond donors (Lipinski definition) is 1. The second-order valence-electron chi connectivity index (χ2n) is 2.31. The van der Waals surface area contributed by atoms with E-state index < -0.39 is 9.73 Å². The van der Waals surface area contributed by atoms with Crippen molar-refractivity contribution < 1.29 is 4.21 Å². The first-order chi connectivity index (χ1) is 5.06. The van der Waals surface area contributed by atoms with Crippen LogP contribution in [-0.2, 0) is 16.8 Å². The standard InChI is InChI=1S/C6H11N3OS/c1-3-11(7,10)6-4-8-9(2)5-6/h4-5,7H,3H2,1-2H3/t11-/m1/s1. The van der Waals surface area contributed by atoms with Gasteiger partial charge in [-0.05, 0) is 0 Å². The summed E-state index contributed by atoms with van der Waals surface area (Å²) in [5.41, 5.74) is 0. The maximum absolute atomic E-state index is 11.4. The third-order valence-electron chi connectivity index (χ3n) is 1.47. The average Bonchev–Trinajstić information content (AvgIpc) is 2.36. The molecule has 1 heterocycles. The zero-order chi connectivity index (χ0) is 8.48. The van der Waals surface area contributed by atoms with Crippen LogP contribution in [0.1, 0.15) is 6.92 Å². The fourth-order valence-corrected chi connectivity index (χ4v) is 1.61. The summed E-state index contributed by atoms with van der Waals surface area (Å²) in [6, 6.07) is 0. The van der Waals surface area contributed by atoms with Crippen molar-refractivity contribution >= 4 is 9.73 Å². The number of rotatable bonds is 2. The minimum absolute atomic E-state index is 0.346. The fraction of sp³-hybridized carbons (Fsp3) is 0.500. The van der Waals surface area contributed by atoms with Crippen molar-refractivity contribution in [2.24, 2.45) is 7.05 Å². The molecule has 1 rings (SSSR count). The van der Waals surface area contributed by atoms with Crippen LogP contribution in [0.5, 0.6) is 0 Å². The van der Waals surface area contributed by atoms with Crippen molar-refractivity contribution in [3.63, 3.8) is 0 Å². The molecule has 0 spiro atoms. The van der Waals surface area contributed by atoms with E-state index in [0.29, 0.717) is 10.6 Å². The van der Waals surface area contributed by atoms with Gasteiger partial charge in [0.2, 0.25) is 0 Å². The van der Waals surface area contributed by atoms with Gasteiger partial charge in [0.15, 0.2) is 0 Å². The molecular weight excluding hydrogens is 162 g/mol. The van der Waals surface area contributed by atoms with E-state index in [1.807, 2.05) is 0 Å². The Kier molecular flexibility index (Phi) is 1.99. The summed E-state index contributed by atoms with van der Waals surface area (Å²) < 4.78 is 20.3. The summed E-state index contributed by atoms with van der Waals surface area (Å²) in [6.45, 7) is 1.74. The zero-order valence-electron chi connectivity index (χ0n) is 6.57. The Morgan fingerprint density at radius 3 is 2.82 bits per heavy atom. The third kappa shape index (κ3) is 1.59. The monoisotopic (exact) mass is 173 g/mol. The predicted molar refractivity (Wildman–Crippen MR) is 42.9 cm³/mol. The van der Waals surface area contributed by atoms with Crippen molar-refractivity contribution in [2.75, 3.05) is 5.75 Å². The van der Waals surface area contributed by atoms with Gasteiger partial charge in [-0.3, -0.25) is 4.68 Å². The highest BCUT2D eigenvalue weighted by Crippen LogP contribution is 2.08. The second-order valence-corrected chi connectivity index (χ2v) is 4.71. The molecule has 0 radical (unpaired) electrons. The molecule has 0 aliphatic rings. The van der Waals surface area contributed by atoms with Gasteiger partial charge < -0.3 is 0 Å². The Labute approximate surface area is 66.2 Å². The van der Waals surface area contributed by atoms with Crippen LogP contribution in [0.25, 0.3) is 0 Å². The molecule has 0 saturated heterocycles. The van der Waals surface area contributed by atoms with Gasteiger partial charge in [0.25, 0.3) is 0 Å². The summed E-state index contributed by atoms with van der Waals surface area (Å²) in [4.78, 5) is 0.516. The first-order valence-corrected chi connectivity index (χ1v) is 5.04. The highest BCUT2D eigenvalue weighted by atomic mass is 32.2. The van der Waals surface area contributed by atoms with Crippen LogP contribution >= 0.6 is 0 Å². The molecule has 0 unspecified atom stereocenters. The first-order valence-electron chi connectivity index (χ1n) is 3.31. The van der Waals surface area contributed by atoms with Gasteiger partial charge in [0, 0.05) is 19.0 Å². The van der Waals surface area contributed by atoms with E-state index in [0.717, 1.165) is 0 Å². The lowest BCUT2D eigenvalue weighted by Gasteiger charge is -1.97. The lowest BCUT2D eigenvalue weighted by atomic mass is 10.7. The molecular formula is C6H11N3OS. The Morgan fingerprint density at radius 2 is 2.45 bits per heavy atom. The fourth-order valence-electron chi connectivity index (χ4n) is 0.736. The highest BCUT2D eigenvalue weighted by Gasteiger charge is 2.08. The molecule has 0 aliphatic carbocycles. The Hall–Kier alpha value is -0.840. The molecule has 0 fully saturated rings. The first kappa shape index (κ1) is 8.26. The van der Waals surface area contributed by atoms with Gasteiger partial charge >= 0.3 is 0 Å². The predicted octanol–water partition coefficient (Wildman–Crippen LogP) is 0.846. The van der Waals surface area contributed by atoms with E-state index in [2.05, 4.69) is 5.10 Å². The highest BCUT2D eigenvalue weighted by molar-refractivity contribution is 7.92. The normalized spacial score (nSPS) is 16.2. The van der Waals surface area contributed by atoms with Crippen LogP contribution in [-0.4, -0.2) is 19.7 Å². The lowest BCUT2D eigenvalue weighted by Crippen LogP contribution is -1.99. The largest absolute Gasteiger partial charge is 0.275 e. The van der Waals surface area contributed by atoms with Crippen LogP contribution in [0.3, 0.4) is 0 Å². The molecule has 4 nitrogen and oxygen atoms in total. The van der Waals surface area contributed by atoms with Crippen molar-refractivity contribution in [3.05, 3.63) is 12.4 Å². The Bertz CT molecular complexity index is 338. The van der Waals surface area contributed by atoms with E-state index in [4.69, 9.17) is 4.78 Å². The molecule has 62 valence electrons. The summed E-state index contributed by atoms with van der Waals surface area (Å²) in [5.74, 6) is 0.346. The third-order valence-corrected chi connectivity index (χ3v) is 3.25. The maximum Gasteiger partial charge on any atom is 0.0851 e. The van der Waals surface area contributed by atoms with Crippen LogP contribution < -0.4 is 0 Å². The van der Waals surface area contributed by atoms with Crippen molar-refractivity contribution in [3.8, 4) is 0 Å². The van der Waals surface area contributed by atoms with Crippen LogP contribution in [0.2, 0.25) is 0 Å². The quantitative estimate of drug-likeness (QED) is 0.720. The van der Waals surface area contributed by atoms with Gasteiger partial charge in [-0.1, -0.05) is 6.92 Å². The molecule has 1 aromatic heterocycles. The number of nitrogens with zero attached hydrogens (tertiary/aromatic N) is 2. The van der Waals surface area contributed by atoms with Crippen molar-refractivity contribution in [1.82, 2.24) is 9.78 Å². The summed E-state index contributed by atoms with van der Waals surface area (Å²) >= 11 is 0. The topological polar surface area (TPSA) is 58.7 Å². The van der Waals surface area contributed by atoms with Gasteiger partial charge in [0.1, 0.15) is 0 Å². The van der Waals surface area contributed by atoms with E-state index in [1.165, 1.54) is 6.20 Å². The number of aryl methyl sites for hydroxylation is 1. The Morgan fingerprint density at radius 1 is 1.82 bits per heavy atom. The van der Waals surface area contributed by atoms with E-state index in [-0.39, 0.29) is 0 Å². The van der Waals surface area contributed by atoms with E-state index >= 15 is 0 Å². The SMILES string of the molecule is CC[S@@](=N)(=O)c1cnn(C)c1. The molecule has 11 heavy (non-hydrogen) atoms. The zero-order valence-corrected chi connectivity index (χ0v) is 7.39. The molecule has 1 atom stereocenters. The van der Waals surface area contributed by atoms with Crippen LogP contribution in [0.4, 0.5) is 0 Å². The van der Waals surface area contributed by atoms with Gasteiger partial charge in [-0.25, -0.2) is 8.99 Å². The van der Waals surface area contributed by atoms with E-state index in [1.54, 1.807) is 24.9 Å². The lowest BCUT2D eigenvalue weighted by molar-refractivity contribution is 0.675. The minimum Gasteiger partial charge on any atom is -0.275 e. The smallest absolute Gasteiger partial charge is 0.0851 e. The van der Waals surface area contributed by atoms with Crippen molar-refractivity contribution in [1.29, 1.82) is 4.78 Å². The number of hydrogen-bond acceptors (Lipinski definition) is 3. The van der Waals surface area contributed by atoms with E-state index in [9.17, 15) is 4.21 Å². The molecule has 0 bridgehead atoms. The molecule has 0 saturated carbocycles. The molecule has 1 N–H and O–H groups in total. The van der Waals surface area contributed by atoms with Gasteiger partial charge in [-0.2, -0.15) is 5.10 Å². The van der Waals surface area contributed by atoms with Crippen molar-refractivity contribution in [2.45, 2.75) is 11.8 Å². The molecule has 5 heteroatoms. The summed E-state index contributed by atoms with van der Waals surface area (Å²) in [7, 11) is -0.816. The summed E-state index contributed by atoms with van der Waals surface area (Å²) in [5, 5.41) is 3.85. The Balaban J connectivity index is 3.13. The van der Waals surface area contributed by atoms with Gasteiger partial charge in [0.05, 0.1) is 20.8 Å². The average molecular weight is 173 g/mol. The second kappa shape index (κ2) is 2.65. The summed E-state index contributed by atoms with van der Waals surface area (Å²) in [6.07, 6.45) is 3.11. The van der Waals surface area contributed by atoms with Crippen LogP contribution in [0, 0.1) is 4.78 Å². The maximum atomic E-state index is 11.4.